The van der Waals surface area contributed by atoms with Gasteiger partial charge in [0.25, 0.3) is 0 Å². The number of piperidine rings is 1. The maximum absolute atomic E-state index is 12.6. The Kier molecular flexibility index (Phi) is 5.28. The summed E-state index contributed by atoms with van der Waals surface area (Å²) in [4.78, 5) is 22.2. The summed E-state index contributed by atoms with van der Waals surface area (Å²) in [5, 5.41) is 0. The van der Waals surface area contributed by atoms with Crippen LogP contribution in [0.15, 0.2) is 36.5 Å². The van der Waals surface area contributed by atoms with Crippen LogP contribution >= 0.6 is 0 Å². The Balaban J connectivity index is 1.63. The molecule has 150 valence electrons. The molecule has 1 amide bonds. The molecule has 1 saturated heterocycles. The van der Waals surface area contributed by atoms with Gasteiger partial charge in [-0.3, -0.25) is 9.69 Å². The van der Waals surface area contributed by atoms with Crippen LogP contribution in [0.3, 0.4) is 0 Å². The number of hydrogen-bond donors (Lipinski definition) is 0. The van der Waals surface area contributed by atoms with Crippen LogP contribution in [0.4, 0.5) is 0 Å². The largest absolute Gasteiger partial charge is 0.343 e. The molecule has 3 heterocycles. The molecule has 0 N–H and O–H groups in total. The highest BCUT2D eigenvalue weighted by Crippen LogP contribution is 2.42. The number of imidazole rings is 1. The summed E-state index contributed by atoms with van der Waals surface area (Å²) in [7, 11) is 0. The van der Waals surface area contributed by atoms with E-state index in [0.29, 0.717) is 18.2 Å². The van der Waals surface area contributed by atoms with Crippen molar-refractivity contribution in [2.75, 3.05) is 26.2 Å². The lowest BCUT2D eigenvalue weighted by molar-refractivity contribution is -0.135. The van der Waals surface area contributed by atoms with E-state index < -0.39 is 0 Å². The molecule has 0 radical (unpaired) electrons. The molecule has 0 aliphatic carbocycles. The molecule has 1 aromatic heterocycles. The summed E-state index contributed by atoms with van der Waals surface area (Å²) in [5.41, 5.74) is 2.39. The van der Waals surface area contributed by atoms with Crippen molar-refractivity contribution < 1.29 is 4.79 Å². The summed E-state index contributed by atoms with van der Waals surface area (Å²) in [5.74, 6) is 1.91. The first-order chi connectivity index (χ1) is 13.5. The number of benzene rings is 1. The molecule has 0 atom stereocenters. The number of hydrogen-bond acceptors (Lipinski definition) is 3. The number of carbonyl (C=O) groups excluding carboxylic acids is 1. The van der Waals surface area contributed by atoms with Crippen molar-refractivity contribution in [2.24, 2.45) is 5.92 Å². The predicted octanol–water partition coefficient (Wildman–Crippen LogP) is 3.75. The molecule has 2 aliphatic rings. The quantitative estimate of drug-likeness (QED) is 0.811. The first-order valence-corrected chi connectivity index (χ1v) is 10.7. The molecular formula is C23H32N4O. The van der Waals surface area contributed by atoms with Crippen molar-refractivity contribution in [3.63, 3.8) is 0 Å². The van der Waals surface area contributed by atoms with Gasteiger partial charge in [-0.05, 0) is 30.9 Å². The molecule has 0 unspecified atom stereocenters. The first-order valence-electron chi connectivity index (χ1n) is 10.7. The lowest BCUT2D eigenvalue weighted by Crippen LogP contribution is -2.58. The predicted molar refractivity (Wildman–Crippen MR) is 112 cm³/mol. The maximum Gasteiger partial charge on any atom is 0.222 e. The van der Waals surface area contributed by atoms with E-state index in [9.17, 15) is 4.79 Å². The van der Waals surface area contributed by atoms with Gasteiger partial charge in [0, 0.05) is 32.6 Å². The molecule has 5 nitrogen and oxygen atoms in total. The fourth-order valence-electron chi connectivity index (χ4n) is 4.99. The highest BCUT2D eigenvalue weighted by molar-refractivity contribution is 5.76. The van der Waals surface area contributed by atoms with Crippen LogP contribution in [0, 0.1) is 5.92 Å². The second-order valence-corrected chi connectivity index (χ2v) is 8.57. The minimum Gasteiger partial charge on any atom is -0.343 e. The van der Waals surface area contributed by atoms with Gasteiger partial charge in [0.2, 0.25) is 5.91 Å². The van der Waals surface area contributed by atoms with E-state index in [0.717, 1.165) is 45.6 Å². The highest BCUT2D eigenvalue weighted by Gasteiger charge is 2.47. The van der Waals surface area contributed by atoms with Gasteiger partial charge in [-0.2, -0.15) is 0 Å². The van der Waals surface area contributed by atoms with Crippen LogP contribution in [-0.2, 0) is 16.9 Å². The monoisotopic (exact) mass is 380 g/mol. The van der Waals surface area contributed by atoms with Crippen molar-refractivity contribution in [3.05, 3.63) is 42.4 Å². The van der Waals surface area contributed by atoms with Crippen LogP contribution < -0.4 is 0 Å². The average Bonchev–Trinajstić information content (AvgIpc) is 3.14. The first kappa shape index (κ1) is 19.2. The number of amides is 1. The van der Waals surface area contributed by atoms with Crippen LogP contribution in [0.2, 0.25) is 0 Å². The zero-order valence-corrected chi connectivity index (χ0v) is 17.4. The number of nitrogens with zero attached hydrogens (tertiary/aromatic N) is 4. The molecule has 5 heteroatoms. The third kappa shape index (κ3) is 3.26. The molecule has 0 bridgehead atoms. The Morgan fingerprint density at radius 1 is 1.11 bits per heavy atom. The Hall–Kier alpha value is -2.14. The van der Waals surface area contributed by atoms with E-state index in [4.69, 9.17) is 4.98 Å². The summed E-state index contributed by atoms with van der Waals surface area (Å²) in [6.45, 7) is 11.2. The van der Waals surface area contributed by atoms with Gasteiger partial charge in [0.05, 0.1) is 17.4 Å². The molecule has 2 aliphatic heterocycles. The van der Waals surface area contributed by atoms with Gasteiger partial charge in [-0.25, -0.2) is 4.98 Å². The van der Waals surface area contributed by atoms with Crippen molar-refractivity contribution in [1.29, 1.82) is 0 Å². The van der Waals surface area contributed by atoms with Crippen LogP contribution in [-0.4, -0.2) is 51.4 Å². The summed E-state index contributed by atoms with van der Waals surface area (Å²) >= 11 is 0. The van der Waals surface area contributed by atoms with E-state index in [1.165, 1.54) is 17.1 Å². The average molecular weight is 381 g/mol. The number of likely N-dealkylation sites (tertiary alicyclic amines) is 1. The normalized spacial score (nSPS) is 19.2. The van der Waals surface area contributed by atoms with Crippen LogP contribution in [0.25, 0.3) is 11.3 Å². The smallest absolute Gasteiger partial charge is 0.222 e. The summed E-state index contributed by atoms with van der Waals surface area (Å²) in [6.07, 6.45) is 4.63. The summed E-state index contributed by atoms with van der Waals surface area (Å²) < 4.78 is 2.42. The second-order valence-electron chi connectivity index (χ2n) is 8.57. The molecule has 28 heavy (non-hydrogen) atoms. The molecule has 1 spiro atoms. The maximum atomic E-state index is 12.6. The van der Waals surface area contributed by atoms with Crippen molar-refractivity contribution >= 4 is 5.91 Å². The number of fused-ring (bicyclic) bond motifs is 2. The van der Waals surface area contributed by atoms with Gasteiger partial charge in [-0.1, -0.05) is 51.1 Å². The second kappa shape index (κ2) is 7.70. The van der Waals surface area contributed by atoms with Crippen LogP contribution in [0.1, 0.15) is 45.9 Å². The van der Waals surface area contributed by atoms with Gasteiger partial charge in [-0.15, -0.1) is 0 Å². The Morgan fingerprint density at radius 3 is 2.46 bits per heavy atom. The van der Waals surface area contributed by atoms with E-state index in [1.807, 2.05) is 6.20 Å². The van der Waals surface area contributed by atoms with Gasteiger partial charge >= 0.3 is 0 Å². The zero-order chi connectivity index (χ0) is 19.7. The number of aromatic nitrogens is 2. The van der Waals surface area contributed by atoms with E-state index in [1.54, 1.807) is 0 Å². The fraction of sp³-hybridized carbons (Fsp3) is 0.565. The third-order valence-electron chi connectivity index (χ3n) is 6.45. The molecule has 2 aromatic rings. The van der Waals surface area contributed by atoms with Crippen molar-refractivity contribution in [3.8, 4) is 11.3 Å². The molecule has 4 rings (SSSR count). The van der Waals surface area contributed by atoms with Gasteiger partial charge in [0.15, 0.2) is 0 Å². The minimum absolute atomic E-state index is 0.0470. The van der Waals surface area contributed by atoms with Gasteiger partial charge < -0.3 is 9.47 Å². The lowest BCUT2D eigenvalue weighted by Gasteiger charge is -2.50. The lowest BCUT2D eigenvalue weighted by atomic mass is 9.83. The standard InChI is InChI=1S/C23H32N4O/c1-4-26-14-15-27-20(19-8-6-5-7-9-19)17-24-22(27)23(26)10-12-25(13-11-23)21(28)16-18(2)3/h5-9,17-18H,4,10-16H2,1-3H3. The number of likely N-dealkylation sites (N-methyl/N-ethyl adjacent to an activating group) is 1. The third-order valence-corrected chi connectivity index (χ3v) is 6.45. The van der Waals surface area contributed by atoms with E-state index in [2.05, 4.69) is 65.5 Å². The van der Waals surface area contributed by atoms with E-state index >= 15 is 0 Å². The van der Waals surface area contributed by atoms with Crippen molar-refractivity contribution in [1.82, 2.24) is 19.4 Å². The van der Waals surface area contributed by atoms with Crippen LogP contribution in [0.5, 0.6) is 0 Å². The zero-order valence-electron chi connectivity index (χ0n) is 17.4. The Morgan fingerprint density at radius 2 is 1.82 bits per heavy atom. The minimum atomic E-state index is -0.0470. The molecule has 0 saturated carbocycles. The molecule has 1 aromatic carbocycles. The fourth-order valence-corrected chi connectivity index (χ4v) is 4.99. The summed E-state index contributed by atoms with van der Waals surface area (Å²) in [6, 6.07) is 10.6. The SMILES string of the molecule is CCN1CCn2c(-c3ccccc3)cnc2C12CCN(C(=O)CC(C)C)CC2. The topological polar surface area (TPSA) is 41.4 Å². The van der Waals surface area contributed by atoms with Crippen molar-refractivity contribution in [2.45, 2.75) is 52.1 Å². The Labute approximate surface area is 168 Å². The van der Waals surface area contributed by atoms with Gasteiger partial charge in [0.1, 0.15) is 5.82 Å². The number of carbonyl (C=O) groups is 1. The van der Waals surface area contributed by atoms with E-state index in [-0.39, 0.29) is 5.54 Å². The highest BCUT2D eigenvalue weighted by atomic mass is 16.2. The Bertz CT molecular complexity index is 818. The molecule has 1 fully saturated rings. The number of rotatable bonds is 4. The molecular weight excluding hydrogens is 348 g/mol.